The van der Waals surface area contributed by atoms with Gasteiger partial charge in [0.2, 0.25) is 0 Å². The molecule has 0 spiro atoms. The van der Waals surface area contributed by atoms with Crippen molar-refractivity contribution in [1.29, 1.82) is 0 Å². The van der Waals surface area contributed by atoms with E-state index in [0.29, 0.717) is 0 Å². The molecule has 0 aliphatic heterocycles. The number of nitrogens with zero attached hydrogens (tertiary/aromatic N) is 1. The highest BCUT2D eigenvalue weighted by Gasteiger charge is 2.07. The van der Waals surface area contributed by atoms with Gasteiger partial charge in [-0.05, 0) is 18.6 Å². The van der Waals surface area contributed by atoms with Crippen LogP contribution < -0.4 is 0 Å². The number of fused-ring (bicyclic) bond motifs is 1. The number of methoxy groups -OCH3 is 1. The lowest BCUT2D eigenvalue weighted by Gasteiger charge is -2.04. The van der Waals surface area contributed by atoms with Crippen molar-refractivity contribution in [2.24, 2.45) is 0 Å². The van der Waals surface area contributed by atoms with E-state index in [2.05, 4.69) is 20.5 Å². The van der Waals surface area contributed by atoms with Crippen LogP contribution in [0.2, 0.25) is 0 Å². The quantitative estimate of drug-likeness (QED) is 0.626. The summed E-state index contributed by atoms with van der Waals surface area (Å²) in [5, 5.41) is 1.00. The van der Waals surface area contributed by atoms with Crippen molar-refractivity contribution in [3.05, 3.63) is 34.4 Å². The average Bonchev–Trinajstić information content (AvgIpc) is 2.67. The third-order valence-electron chi connectivity index (χ3n) is 2.75. The van der Waals surface area contributed by atoms with Crippen molar-refractivity contribution < 1.29 is 9.53 Å². The highest BCUT2D eigenvalue weighted by molar-refractivity contribution is 9.10. The third-order valence-corrected chi connectivity index (χ3v) is 3.24. The summed E-state index contributed by atoms with van der Waals surface area (Å²) in [7, 11) is 1.70. The van der Waals surface area contributed by atoms with Gasteiger partial charge in [0, 0.05) is 47.4 Å². The summed E-state index contributed by atoms with van der Waals surface area (Å²) in [6, 6.07) is 5.96. The number of ether oxygens (including phenoxy) is 1. The van der Waals surface area contributed by atoms with Crippen molar-refractivity contribution in [3.63, 3.8) is 0 Å². The molecule has 1 aromatic carbocycles. The Morgan fingerprint density at radius 3 is 3.00 bits per heavy atom. The molecular formula is C13H14BrNO2. The molecule has 3 nitrogen and oxygen atoms in total. The fraction of sp³-hybridized carbons (Fsp3) is 0.308. The number of benzene rings is 1. The Balaban J connectivity index is 2.40. The normalized spacial score (nSPS) is 10.9. The largest absolute Gasteiger partial charge is 0.385 e. The van der Waals surface area contributed by atoms with Gasteiger partial charge in [-0.3, -0.25) is 4.79 Å². The number of rotatable bonds is 5. The zero-order valence-corrected chi connectivity index (χ0v) is 11.2. The van der Waals surface area contributed by atoms with Gasteiger partial charge in [0.05, 0.1) is 0 Å². The van der Waals surface area contributed by atoms with Gasteiger partial charge in [0.15, 0.2) is 6.29 Å². The number of halogens is 1. The molecule has 2 rings (SSSR count). The first-order valence-electron chi connectivity index (χ1n) is 5.49. The molecule has 0 aliphatic rings. The summed E-state index contributed by atoms with van der Waals surface area (Å²) >= 11 is 3.45. The van der Waals surface area contributed by atoms with E-state index in [-0.39, 0.29) is 0 Å². The second-order valence-corrected chi connectivity index (χ2v) is 4.82. The number of carbonyl (C=O) groups is 1. The molecule has 0 N–H and O–H groups in total. The molecule has 4 heteroatoms. The van der Waals surface area contributed by atoms with Crippen LogP contribution in [0.5, 0.6) is 0 Å². The fourth-order valence-electron chi connectivity index (χ4n) is 1.95. The van der Waals surface area contributed by atoms with Gasteiger partial charge in [-0.2, -0.15) is 0 Å². The molecule has 17 heavy (non-hydrogen) atoms. The monoisotopic (exact) mass is 295 g/mol. The lowest BCUT2D eigenvalue weighted by Crippen LogP contribution is -1.99. The van der Waals surface area contributed by atoms with Gasteiger partial charge < -0.3 is 9.30 Å². The Hall–Kier alpha value is -1.13. The molecule has 0 bridgehead atoms. The molecule has 0 unspecified atom stereocenters. The van der Waals surface area contributed by atoms with E-state index in [1.807, 2.05) is 24.4 Å². The smallest absolute Gasteiger partial charge is 0.152 e. The number of hydrogen-bond donors (Lipinski definition) is 0. The van der Waals surface area contributed by atoms with E-state index in [0.717, 1.165) is 46.8 Å². The first-order chi connectivity index (χ1) is 8.26. The molecule has 0 atom stereocenters. The lowest BCUT2D eigenvalue weighted by molar-refractivity contribution is 0.112. The lowest BCUT2D eigenvalue weighted by atomic mass is 10.2. The summed E-state index contributed by atoms with van der Waals surface area (Å²) in [6.45, 7) is 1.58. The summed E-state index contributed by atoms with van der Waals surface area (Å²) in [5.41, 5.74) is 1.82. The van der Waals surface area contributed by atoms with Crippen molar-refractivity contribution in [3.8, 4) is 0 Å². The topological polar surface area (TPSA) is 31.2 Å². The highest BCUT2D eigenvalue weighted by Crippen LogP contribution is 2.24. The van der Waals surface area contributed by atoms with Crippen LogP contribution in [0.1, 0.15) is 16.8 Å². The minimum Gasteiger partial charge on any atom is -0.385 e. The van der Waals surface area contributed by atoms with Crippen LogP contribution >= 0.6 is 15.9 Å². The van der Waals surface area contributed by atoms with Gasteiger partial charge in [0.25, 0.3) is 0 Å². The van der Waals surface area contributed by atoms with Crippen LogP contribution in [0.15, 0.2) is 28.9 Å². The molecule has 0 aliphatic carbocycles. The van der Waals surface area contributed by atoms with Crippen LogP contribution in [-0.2, 0) is 11.3 Å². The zero-order valence-electron chi connectivity index (χ0n) is 9.65. The number of hydrogen-bond acceptors (Lipinski definition) is 2. The molecule has 1 aromatic heterocycles. The Labute approximate surface area is 108 Å². The standard InChI is InChI=1S/C13H14BrNO2/c1-17-6-2-5-15-8-10(9-16)12-4-3-11(14)7-13(12)15/h3-4,7-9H,2,5-6H2,1H3. The van der Waals surface area contributed by atoms with Crippen LogP contribution in [-0.4, -0.2) is 24.6 Å². The molecule has 0 amide bonds. The number of carbonyl (C=O) groups excluding carboxylic acids is 1. The minimum absolute atomic E-state index is 0.726. The van der Waals surface area contributed by atoms with E-state index in [9.17, 15) is 4.79 Å². The average molecular weight is 296 g/mol. The predicted molar refractivity (Wildman–Crippen MR) is 71.5 cm³/mol. The first kappa shape index (κ1) is 12.3. The maximum Gasteiger partial charge on any atom is 0.152 e. The van der Waals surface area contributed by atoms with Gasteiger partial charge in [-0.25, -0.2) is 0 Å². The van der Waals surface area contributed by atoms with Crippen LogP contribution in [0, 0.1) is 0 Å². The maximum absolute atomic E-state index is 11.0. The van der Waals surface area contributed by atoms with Gasteiger partial charge >= 0.3 is 0 Å². The first-order valence-corrected chi connectivity index (χ1v) is 6.28. The van der Waals surface area contributed by atoms with Crippen LogP contribution in [0.3, 0.4) is 0 Å². The Morgan fingerprint density at radius 2 is 2.29 bits per heavy atom. The molecule has 0 radical (unpaired) electrons. The maximum atomic E-state index is 11.0. The van der Waals surface area contributed by atoms with Crippen LogP contribution in [0.25, 0.3) is 10.9 Å². The Kier molecular flexibility index (Phi) is 3.97. The van der Waals surface area contributed by atoms with E-state index in [1.54, 1.807) is 7.11 Å². The number of aryl methyl sites for hydroxylation is 1. The van der Waals surface area contributed by atoms with E-state index in [1.165, 1.54) is 0 Å². The van der Waals surface area contributed by atoms with Crippen molar-refractivity contribution in [1.82, 2.24) is 4.57 Å². The van der Waals surface area contributed by atoms with Gasteiger partial charge in [-0.1, -0.05) is 22.0 Å². The Morgan fingerprint density at radius 1 is 1.47 bits per heavy atom. The van der Waals surface area contributed by atoms with E-state index in [4.69, 9.17) is 4.74 Å². The SMILES string of the molecule is COCCCn1cc(C=O)c2ccc(Br)cc21. The minimum atomic E-state index is 0.726. The van der Waals surface area contributed by atoms with Crippen molar-refractivity contribution in [2.45, 2.75) is 13.0 Å². The van der Waals surface area contributed by atoms with Gasteiger partial charge in [-0.15, -0.1) is 0 Å². The Bertz CT molecular complexity index is 533. The second kappa shape index (κ2) is 5.47. The summed E-state index contributed by atoms with van der Waals surface area (Å²) in [4.78, 5) is 11.0. The molecule has 0 saturated heterocycles. The number of aromatic nitrogens is 1. The summed E-state index contributed by atoms with van der Waals surface area (Å²) in [6.07, 6.45) is 3.74. The van der Waals surface area contributed by atoms with Crippen LogP contribution in [0.4, 0.5) is 0 Å². The van der Waals surface area contributed by atoms with E-state index >= 15 is 0 Å². The molecular weight excluding hydrogens is 282 g/mol. The number of aldehydes is 1. The fourth-order valence-corrected chi connectivity index (χ4v) is 2.30. The molecule has 0 saturated carbocycles. The highest BCUT2D eigenvalue weighted by atomic mass is 79.9. The molecule has 0 fully saturated rings. The predicted octanol–water partition coefficient (Wildman–Crippen LogP) is 3.25. The van der Waals surface area contributed by atoms with Crippen molar-refractivity contribution >= 4 is 33.1 Å². The third kappa shape index (κ3) is 2.58. The second-order valence-electron chi connectivity index (χ2n) is 3.90. The molecule has 2 aromatic rings. The summed E-state index contributed by atoms with van der Waals surface area (Å²) < 4.78 is 8.16. The molecule has 1 heterocycles. The van der Waals surface area contributed by atoms with E-state index < -0.39 is 0 Å². The van der Waals surface area contributed by atoms with Gasteiger partial charge in [0.1, 0.15) is 0 Å². The zero-order chi connectivity index (χ0) is 12.3. The van der Waals surface area contributed by atoms with Crippen molar-refractivity contribution in [2.75, 3.05) is 13.7 Å². The summed E-state index contributed by atoms with van der Waals surface area (Å²) in [5.74, 6) is 0. The molecule has 90 valence electrons.